The summed E-state index contributed by atoms with van der Waals surface area (Å²) < 4.78 is 9.76. The number of hydrogen-bond acceptors (Lipinski definition) is 3. The van der Waals surface area contributed by atoms with E-state index < -0.39 is 6.16 Å². The third-order valence-corrected chi connectivity index (χ3v) is 2.85. The molecule has 1 aromatic rings. The van der Waals surface area contributed by atoms with Crippen LogP contribution in [0.3, 0.4) is 0 Å². The summed E-state index contributed by atoms with van der Waals surface area (Å²) in [6.45, 7) is 2.86. The predicted octanol–water partition coefficient (Wildman–Crippen LogP) is 4.35. The van der Waals surface area contributed by atoms with Gasteiger partial charge in [0, 0.05) is 0 Å². The van der Waals surface area contributed by atoms with Crippen molar-refractivity contribution in [3.63, 3.8) is 0 Å². The topological polar surface area (TPSA) is 35.5 Å². The Balaban J connectivity index is 1.90. The fourth-order valence-electron chi connectivity index (χ4n) is 1.81. The monoisotopic (exact) mass is 264 g/mol. The van der Waals surface area contributed by atoms with Crippen LogP contribution in [-0.2, 0) is 15.9 Å². The van der Waals surface area contributed by atoms with Crippen molar-refractivity contribution >= 4 is 6.16 Å². The Kier molecular flexibility index (Phi) is 8.52. The molecule has 1 aromatic carbocycles. The fourth-order valence-corrected chi connectivity index (χ4v) is 1.81. The number of carbonyl (C=O) groups is 1. The van der Waals surface area contributed by atoms with Gasteiger partial charge in [-0.05, 0) is 31.2 Å². The molecule has 0 radical (unpaired) electrons. The molecule has 0 heterocycles. The van der Waals surface area contributed by atoms with E-state index >= 15 is 0 Å². The van der Waals surface area contributed by atoms with Crippen LogP contribution in [0.15, 0.2) is 30.3 Å². The van der Waals surface area contributed by atoms with E-state index in [0.29, 0.717) is 13.2 Å². The van der Waals surface area contributed by atoms with Crippen molar-refractivity contribution in [1.29, 1.82) is 0 Å². The van der Waals surface area contributed by atoms with Gasteiger partial charge in [0.2, 0.25) is 0 Å². The summed E-state index contributed by atoms with van der Waals surface area (Å²) in [5.74, 6) is 0. The number of carbonyl (C=O) groups excluding carboxylic acids is 1. The fraction of sp³-hybridized carbons (Fsp3) is 0.562. The smallest absolute Gasteiger partial charge is 0.434 e. The molecular formula is C16H24O3. The van der Waals surface area contributed by atoms with Crippen molar-refractivity contribution in [2.24, 2.45) is 0 Å². The van der Waals surface area contributed by atoms with Gasteiger partial charge in [-0.3, -0.25) is 0 Å². The maximum absolute atomic E-state index is 11.0. The summed E-state index contributed by atoms with van der Waals surface area (Å²) in [5.41, 5.74) is 1.39. The van der Waals surface area contributed by atoms with Gasteiger partial charge in [0.1, 0.15) is 0 Å². The molecule has 0 saturated carbocycles. The van der Waals surface area contributed by atoms with E-state index in [4.69, 9.17) is 9.47 Å². The van der Waals surface area contributed by atoms with Crippen molar-refractivity contribution in [2.75, 3.05) is 13.2 Å². The Hall–Kier alpha value is -1.51. The Morgan fingerprint density at radius 1 is 0.947 bits per heavy atom. The Bertz CT molecular complexity index is 335. The number of benzene rings is 1. The zero-order chi connectivity index (χ0) is 13.8. The van der Waals surface area contributed by atoms with E-state index in [0.717, 1.165) is 25.7 Å². The van der Waals surface area contributed by atoms with E-state index in [1.54, 1.807) is 0 Å². The maximum atomic E-state index is 11.0. The Morgan fingerprint density at radius 3 is 2.37 bits per heavy atom. The van der Waals surface area contributed by atoms with Gasteiger partial charge in [0.05, 0.1) is 13.2 Å². The van der Waals surface area contributed by atoms with Crippen molar-refractivity contribution in [3.05, 3.63) is 35.9 Å². The summed E-state index contributed by atoms with van der Waals surface area (Å²) in [5, 5.41) is 0. The van der Waals surface area contributed by atoms with E-state index in [1.807, 2.05) is 13.0 Å². The molecule has 0 aromatic heterocycles. The predicted molar refractivity (Wildman–Crippen MR) is 76.2 cm³/mol. The molecule has 3 heteroatoms. The Labute approximate surface area is 115 Å². The summed E-state index contributed by atoms with van der Waals surface area (Å²) in [7, 11) is 0. The van der Waals surface area contributed by atoms with Gasteiger partial charge in [-0.15, -0.1) is 0 Å². The van der Waals surface area contributed by atoms with Crippen LogP contribution in [0.5, 0.6) is 0 Å². The minimum Gasteiger partial charge on any atom is -0.434 e. The second-order valence-corrected chi connectivity index (χ2v) is 4.60. The molecule has 19 heavy (non-hydrogen) atoms. The lowest BCUT2D eigenvalue weighted by Crippen LogP contribution is -2.08. The highest BCUT2D eigenvalue weighted by atomic mass is 16.7. The van der Waals surface area contributed by atoms with Crippen LogP contribution in [-0.4, -0.2) is 19.4 Å². The number of unbranched alkanes of at least 4 members (excludes halogenated alkanes) is 3. The van der Waals surface area contributed by atoms with Crippen LogP contribution in [0, 0.1) is 0 Å². The van der Waals surface area contributed by atoms with Crippen LogP contribution in [0.1, 0.15) is 44.6 Å². The second kappa shape index (κ2) is 10.4. The highest BCUT2D eigenvalue weighted by Gasteiger charge is 2.01. The van der Waals surface area contributed by atoms with Crippen molar-refractivity contribution in [2.45, 2.75) is 45.4 Å². The highest BCUT2D eigenvalue weighted by Crippen LogP contribution is 2.07. The van der Waals surface area contributed by atoms with Crippen LogP contribution in [0.2, 0.25) is 0 Å². The molecule has 0 bridgehead atoms. The molecule has 0 N–H and O–H groups in total. The van der Waals surface area contributed by atoms with Crippen LogP contribution in [0.25, 0.3) is 0 Å². The normalized spacial score (nSPS) is 10.2. The molecule has 0 spiro atoms. The number of ether oxygens (including phenoxy) is 2. The first-order valence-corrected chi connectivity index (χ1v) is 7.16. The molecule has 0 unspecified atom stereocenters. The SMILES string of the molecule is CCCOC(=O)OCCCCCCc1ccccc1. The maximum Gasteiger partial charge on any atom is 0.508 e. The molecule has 0 saturated heterocycles. The first-order valence-electron chi connectivity index (χ1n) is 7.16. The molecule has 0 atom stereocenters. The second-order valence-electron chi connectivity index (χ2n) is 4.60. The minimum atomic E-state index is -0.536. The molecule has 1 rings (SSSR count). The van der Waals surface area contributed by atoms with Crippen molar-refractivity contribution < 1.29 is 14.3 Å². The van der Waals surface area contributed by atoms with E-state index in [-0.39, 0.29) is 0 Å². The van der Waals surface area contributed by atoms with Gasteiger partial charge in [0.25, 0.3) is 0 Å². The van der Waals surface area contributed by atoms with Crippen LogP contribution >= 0.6 is 0 Å². The quantitative estimate of drug-likeness (QED) is 0.491. The Morgan fingerprint density at radius 2 is 1.63 bits per heavy atom. The first kappa shape index (κ1) is 15.5. The van der Waals surface area contributed by atoms with Gasteiger partial charge in [-0.2, -0.15) is 0 Å². The van der Waals surface area contributed by atoms with Gasteiger partial charge < -0.3 is 9.47 Å². The lowest BCUT2D eigenvalue weighted by atomic mass is 10.1. The summed E-state index contributed by atoms with van der Waals surface area (Å²) in [4.78, 5) is 11.0. The highest BCUT2D eigenvalue weighted by molar-refractivity contribution is 5.59. The van der Waals surface area contributed by atoms with Gasteiger partial charge in [0.15, 0.2) is 0 Å². The summed E-state index contributed by atoms with van der Waals surface area (Å²) in [6, 6.07) is 10.5. The van der Waals surface area contributed by atoms with Crippen LogP contribution < -0.4 is 0 Å². The zero-order valence-corrected chi connectivity index (χ0v) is 11.8. The molecule has 106 valence electrons. The average Bonchev–Trinajstić information content (AvgIpc) is 2.45. The van der Waals surface area contributed by atoms with Gasteiger partial charge in [-0.1, -0.05) is 50.1 Å². The molecule has 0 aliphatic heterocycles. The van der Waals surface area contributed by atoms with Crippen LogP contribution in [0.4, 0.5) is 4.79 Å². The zero-order valence-electron chi connectivity index (χ0n) is 11.8. The molecular weight excluding hydrogens is 240 g/mol. The molecule has 0 fully saturated rings. The third-order valence-electron chi connectivity index (χ3n) is 2.85. The number of rotatable bonds is 9. The van der Waals surface area contributed by atoms with Crippen molar-refractivity contribution in [3.8, 4) is 0 Å². The van der Waals surface area contributed by atoms with E-state index in [9.17, 15) is 4.79 Å². The lowest BCUT2D eigenvalue weighted by molar-refractivity contribution is 0.0542. The number of hydrogen-bond donors (Lipinski definition) is 0. The standard InChI is InChI=1S/C16H24O3/c1-2-13-18-16(17)19-14-9-4-3-6-10-15-11-7-5-8-12-15/h5,7-8,11-12H,2-4,6,9-10,13-14H2,1H3. The largest absolute Gasteiger partial charge is 0.508 e. The summed E-state index contributed by atoms with van der Waals surface area (Å²) in [6.07, 6.45) is 5.77. The average molecular weight is 264 g/mol. The van der Waals surface area contributed by atoms with Gasteiger partial charge in [-0.25, -0.2) is 4.79 Å². The van der Waals surface area contributed by atoms with E-state index in [1.165, 1.54) is 18.4 Å². The summed E-state index contributed by atoms with van der Waals surface area (Å²) >= 11 is 0. The number of aryl methyl sites for hydroxylation is 1. The molecule has 0 aliphatic rings. The molecule has 3 nitrogen and oxygen atoms in total. The minimum absolute atomic E-state index is 0.440. The van der Waals surface area contributed by atoms with Gasteiger partial charge >= 0.3 is 6.16 Å². The first-order chi connectivity index (χ1) is 9.33. The lowest BCUT2D eigenvalue weighted by Gasteiger charge is -2.05. The van der Waals surface area contributed by atoms with E-state index in [2.05, 4.69) is 24.3 Å². The van der Waals surface area contributed by atoms with Crippen molar-refractivity contribution in [1.82, 2.24) is 0 Å². The molecule has 0 aliphatic carbocycles. The molecule has 0 amide bonds. The third kappa shape index (κ3) is 8.25.